The van der Waals surface area contributed by atoms with Crippen LogP contribution in [0.4, 0.5) is 0 Å². The van der Waals surface area contributed by atoms with Crippen LogP contribution < -0.4 is 4.74 Å². The largest absolute Gasteiger partial charge is 0.494 e. The molecule has 3 rings (SSSR count). The van der Waals surface area contributed by atoms with Crippen LogP contribution in [-0.4, -0.2) is 24.5 Å². The van der Waals surface area contributed by atoms with Gasteiger partial charge in [-0.15, -0.1) is 11.3 Å². The Hall–Kier alpha value is -1.23. The van der Waals surface area contributed by atoms with Crippen LogP contribution in [0.5, 0.6) is 5.75 Å². The molecule has 1 amide bonds. The average Bonchev–Trinajstić information content (AvgIpc) is 2.96. The van der Waals surface area contributed by atoms with Crippen LogP contribution >= 0.6 is 34.5 Å². The Bertz CT molecular complexity index is 706. The van der Waals surface area contributed by atoms with E-state index in [4.69, 9.17) is 27.9 Å². The fraction of sp³-hybridized carbons (Fsp3) is 0.312. The van der Waals surface area contributed by atoms with Crippen LogP contribution in [0.25, 0.3) is 0 Å². The summed E-state index contributed by atoms with van der Waals surface area (Å²) in [5.41, 5.74) is 1.72. The molecule has 0 fully saturated rings. The Morgan fingerprint density at radius 3 is 2.68 bits per heavy atom. The van der Waals surface area contributed by atoms with E-state index in [2.05, 4.69) is 18.4 Å². The van der Waals surface area contributed by atoms with Gasteiger partial charge in [0.25, 0.3) is 5.91 Å². The molecule has 6 heteroatoms. The minimum absolute atomic E-state index is 0.0575. The van der Waals surface area contributed by atoms with Crippen LogP contribution in [0.3, 0.4) is 0 Å². The summed E-state index contributed by atoms with van der Waals surface area (Å²) in [7, 11) is 1.50. The van der Waals surface area contributed by atoms with Gasteiger partial charge in [-0.05, 0) is 42.5 Å². The summed E-state index contributed by atoms with van der Waals surface area (Å²) in [5, 5.41) is 2.77. The lowest BCUT2D eigenvalue weighted by Gasteiger charge is -2.33. The molecule has 1 aromatic carbocycles. The zero-order valence-electron chi connectivity index (χ0n) is 12.2. The second-order valence-corrected chi connectivity index (χ2v) is 7.01. The summed E-state index contributed by atoms with van der Waals surface area (Å²) in [6.07, 6.45) is 0.890. The third kappa shape index (κ3) is 2.60. The zero-order chi connectivity index (χ0) is 15.9. The van der Waals surface area contributed by atoms with E-state index in [0.717, 1.165) is 6.42 Å². The number of carbonyl (C=O) groups excluding carboxylic acids is 1. The summed E-state index contributed by atoms with van der Waals surface area (Å²) < 4.78 is 5.13. The zero-order valence-corrected chi connectivity index (χ0v) is 14.6. The van der Waals surface area contributed by atoms with E-state index in [9.17, 15) is 4.79 Å². The molecule has 22 heavy (non-hydrogen) atoms. The van der Waals surface area contributed by atoms with Gasteiger partial charge in [0, 0.05) is 17.0 Å². The van der Waals surface area contributed by atoms with Crippen molar-refractivity contribution in [1.82, 2.24) is 4.90 Å². The fourth-order valence-corrected chi connectivity index (χ4v) is 4.44. The van der Waals surface area contributed by atoms with Crippen LogP contribution in [0.15, 0.2) is 23.6 Å². The third-order valence-corrected chi connectivity index (χ3v) is 5.55. The quantitative estimate of drug-likeness (QED) is 0.772. The molecule has 3 nitrogen and oxygen atoms in total. The molecule has 0 aliphatic carbocycles. The first-order chi connectivity index (χ1) is 10.5. The van der Waals surface area contributed by atoms with Gasteiger partial charge in [0.1, 0.15) is 0 Å². The van der Waals surface area contributed by atoms with Crippen molar-refractivity contribution in [3.05, 3.63) is 49.6 Å². The molecule has 1 aromatic heterocycles. The second-order valence-electron chi connectivity index (χ2n) is 5.20. The Balaban J connectivity index is 1.92. The monoisotopic (exact) mass is 355 g/mol. The lowest BCUT2D eigenvalue weighted by molar-refractivity contribution is 0.0679. The number of nitrogens with zero attached hydrogens (tertiary/aromatic N) is 1. The van der Waals surface area contributed by atoms with E-state index < -0.39 is 0 Å². The topological polar surface area (TPSA) is 29.5 Å². The normalized spacial score (nSPS) is 17.3. The smallest absolute Gasteiger partial charge is 0.254 e. The molecule has 2 aromatic rings. The second kappa shape index (κ2) is 6.11. The molecule has 0 N–H and O–H groups in total. The van der Waals surface area contributed by atoms with Crippen LogP contribution in [0.2, 0.25) is 10.0 Å². The fourth-order valence-electron chi connectivity index (χ4n) is 2.83. The highest BCUT2D eigenvalue weighted by Gasteiger charge is 2.29. The number of carbonyl (C=O) groups is 1. The maximum atomic E-state index is 12.8. The molecule has 116 valence electrons. The van der Waals surface area contributed by atoms with E-state index in [1.54, 1.807) is 23.5 Å². The number of fused-ring (bicyclic) bond motifs is 1. The number of ether oxygens (including phenoxy) is 1. The van der Waals surface area contributed by atoms with E-state index in [0.29, 0.717) is 27.9 Å². The minimum Gasteiger partial charge on any atom is -0.494 e. The molecule has 1 aliphatic rings. The predicted molar refractivity (Wildman–Crippen MR) is 90.5 cm³/mol. The average molecular weight is 356 g/mol. The van der Waals surface area contributed by atoms with Crippen LogP contribution in [-0.2, 0) is 6.42 Å². The summed E-state index contributed by atoms with van der Waals surface area (Å²) in [6.45, 7) is 2.75. The molecule has 0 spiro atoms. The van der Waals surface area contributed by atoms with Gasteiger partial charge in [-0.25, -0.2) is 0 Å². The molecule has 0 saturated carbocycles. The standard InChI is InChI=1S/C16H15Cl2NO2S/c1-9-11-4-6-22-14(11)3-5-19(9)16(20)10-7-12(17)15(21-2)13(18)8-10/h4,6-9H,3,5H2,1-2H3/t9-/m1/s1. The Labute approximate surface area is 143 Å². The van der Waals surface area contributed by atoms with Crippen molar-refractivity contribution in [3.63, 3.8) is 0 Å². The third-order valence-electron chi connectivity index (χ3n) is 3.99. The van der Waals surface area contributed by atoms with E-state index in [1.165, 1.54) is 17.6 Å². The van der Waals surface area contributed by atoms with Crippen molar-refractivity contribution in [3.8, 4) is 5.75 Å². The number of thiophene rings is 1. The molecular formula is C16H15Cl2NO2S. The lowest BCUT2D eigenvalue weighted by Crippen LogP contribution is -2.38. The molecular weight excluding hydrogens is 341 g/mol. The maximum Gasteiger partial charge on any atom is 0.254 e. The molecule has 0 unspecified atom stereocenters. The van der Waals surface area contributed by atoms with Gasteiger partial charge >= 0.3 is 0 Å². The molecule has 2 heterocycles. The molecule has 0 radical (unpaired) electrons. The van der Waals surface area contributed by atoms with E-state index >= 15 is 0 Å². The molecule has 1 atom stereocenters. The van der Waals surface area contributed by atoms with Crippen LogP contribution in [0, 0.1) is 0 Å². The van der Waals surface area contributed by atoms with Gasteiger partial charge in [-0.2, -0.15) is 0 Å². The van der Waals surface area contributed by atoms with Gasteiger partial charge in [0.2, 0.25) is 0 Å². The van der Waals surface area contributed by atoms with Gasteiger partial charge in [0.05, 0.1) is 23.2 Å². The Morgan fingerprint density at radius 2 is 2.05 bits per heavy atom. The number of methoxy groups -OCH3 is 1. The summed E-state index contributed by atoms with van der Waals surface area (Å²) in [6, 6.07) is 5.38. The molecule has 1 aliphatic heterocycles. The van der Waals surface area contributed by atoms with Crippen molar-refractivity contribution >= 4 is 40.4 Å². The number of hydrogen-bond acceptors (Lipinski definition) is 3. The molecule has 0 bridgehead atoms. The SMILES string of the molecule is COc1c(Cl)cc(C(=O)N2CCc3sccc3[C@H]2C)cc1Cl. The number of benzene rings is 1. The van der Waals surface area contributed by atoms with Crippen molar-refractivity contribution in [2.45, 2.75) is 19.4 Å². The highest BCUT2D eigenvalue weighted by atomic mass is 35.5. The number of rotatable bonds is 2. The first-order valence-electron chi connectivity index (χ1n) is 6.93. The summed E-state index contributed by atoms with van der Waals surface area (Å²) in [5.74, 6) is 0.336. The highest BCUT2D eigenvalue weighted by molar-refractivity contribution is 7.10. The van der Waals surface area contributed by atoms with Crippen molar-refractivity contribution in [1.29, 1.82) is 0 Å². The summed E-state index contributed by atoms with van der Waals surface area (Å²) >= 11 is 14.0. The highest BCUT2D eigenvalue weighted by Crippen LogP contribution is 2.37. The number of hydrogen-bond donors (Lipinski definition) is 0. The first-order valence-corrected chi connectivity index (χ1v) is 8.56. The van der Waals surface area contributed by atoms with Crippen molar-refractivity contribution in [2.24, 2.45) is 0 Å². The van der Waals surface area contributed by atoms with Crippen molar-refractivity contribution in [2.75, 3.05) is 13.7 Å². The Morgan fingerprint density at radius 1 is 1.36 bits per heavy atom. The minimum atomic E-state index is -0.0594. The number of halogens is 2. The van der Waals surface area contributed by atoms with Gasteiger partial charge in [-0.1, -0.05) is 23.2 Å². The van der Waals surface area contributed by atoms with Gasteiger partial charge in [0.15, 0.2) is 5.75 Å². The predicted octanol–water partition coefficient (Wildman–Crippen LogP) is 4.82. The van der Waals surface area contributed by atoms with Gasteiger partial charge < -0.3 is 9.64 Å². The van der Waals surface area contributed by atoms with E-state index in [1.807, 2.05) is 4.90 Å². The summed E-state index contributed by atoms with van der Waals surface area (Å²) in [4.78, 5) is 16.0. The number of amides is 1. The maximum absolute atomic E-state index is 12.8. The van der Waals surface area contributed by atoms with Crippen molar-refractivity contribution < 1.29 is 9.53 Å². The first kappa shape index (κ1) is 15.7. The van der Waals surface area contributed by atoms with E-state index in [-0.39, 0.29) is 11.9 Å². The van der Waals surface area contributed by atoms with Crippen LogP contribution in [0.1, 0.15) is 33.8 Å². The lowest BCUT2D eigenvalue weighted by atomic mass is 10.0. The Kier molecular flexibility index (Phi) is 4.35. The molecule has 0 saturated heterocycles. The van der Waals surface area contributed by atoms with Gasteiger partial charge in [-0.3, -0.25) is 4.79 Å².